The highest BCUT2D eigenvalue weighted by molar-refractivity contribution is 5.82. The maximum Gasteiger partial charge on any atom is 0.309 e. The van der Waals surface area contributed by atoms with Gasteiger partial charge in [0.25, 0.3) is 0 Å². The summed E-state index contributed by atoms with van der Waals surface area (Å²) in [5.74, 6) is 0.132. The fourth-order valence-corrected chi connectivity index (χ4v) is 5.95. The SMILES string of the molecule is CCC[C@@H](C(=O)N(CCC)CCC)N1C[C@H](c2ccc3c(c2)OCO3)[C@@H](C(=O)O)[C@@H]1c1ccc(OC)cc1. The molecule has 0 unspecified atom stereocenters. The van der Waals surface area contributed by atoms with Gasteiger partial charge in [-0.2, -0.15) is 0 Å². The maximum atomic E-state index is 14.0. The van der Waals surface area contributed by atoms with Crippen LogP contribution in [0.25, 0.3) is 0 Å². The van der Waals surface area contributed by atoms with Gasteiger partial charge < -0.3 is 24.2 Å². The van der Waals surface area contributed by atoms with Gasteiger partial charge in [0.1, 0.15) is 5.75 Å². The average Bonchev–Trinajstić information content (AvgIpc) is 3.56. The van der Waals surface area contributed by atoms with Crippen LogP contribution in [0.4, 0.5) is 0 Å². The quantitative estimate of drug-likeness (QED) is 0.414. The predicted octanol–water partition coefficient (Wildman–Crippen LogP) is 5.08. The summed E-state index contributed by atoms with van der Waals surface area (Å²) in [5, 5.41) is 10.6. The molecule has 2 aliphatic heterocycles. The molecule has 0 saturated carbocycles. The van der Waals surface area contributed by atoms with Crippen molar-refractivity contribution in [3.05, 3.63) is 53.6 Å². The number of carboxylic acids is 1. The molecule has 206 valence electrons. The lowest BCUT2D eigenvalue weighted by molar-refractivity contribution is -0.145. The molecule has 1 N–H and O–H groups in total. The highest BCUT2D eigenvalue weighted by Crippen LogP contribution is 2.49. The second kappa shape index (κ2) is 12.5. The molecule has 4 atom stereocenters. The van der Waals surface area contributed by atoms with Crippen molar-refractivity contribution in [1.82, 2.24) is 9.80 Å². The van der Waals surface area contributed by atoms with Gasteiger partial charge in [-0.15, -0.1) is 0 Å². The van der Waals surface area contributed by atoms with Crippen LogP contribution < -0.4 is 14.2 Å². The van der Waals surface area contributed by atoms with Crippen molar-refractivity contribution in [3.8, 4) is 17.2 Å². The van der Waals surface area contributed by atoms with E-state index in [4.69, 9.17) is 14.2 Å². The lowest BCUT2D eigenvalue weighted by atomic mass is 9.82. The summed E-state index contributed by atoms with van der Waals surface area (Å²) in [4.78, 5) is 31.1. The molecule has 2 aromatic rings. The summed E-state index contributed by atoms with van der Waals surface area (Å²) in [6.07, 6.45) is 3.24. The largest absolute Gasteiger partial charge is 0.497 e. The zero-order chi connectivity index (χ0) is 27.2. The predicted molar refractivity (Wildman–Crippen MR) is 145 cm³/mol. The molecule has 8 heteroatoms. The van der Waals surface area contributed by atoms with Crippen LogP contribution >= 0.6 is 0 Å². The van der Waals surface area contributed by atoms with Crippen molar-refractivity contribution in [2.45, 2.75) is 64.5 Å². The van der Waals surface area contributed by atoms with E-state index in [-0.39, 0.29) is 18.6 Å². The Morgan fingerprint density at radius 2 is 1.66 bits per heavy atom. The van der Waals surface area contributed by atoms with Crippen molar-refractivity contribution >= 4 is 11.9 Å². The molecule has 1 amide bonds. The van der Waals surface area contributed by atoms with Gasteiger partial charge in [-0.05, 0) is 54.7 Å². The Morgan fingerprint density at radius 3 is 2.26 bits per heavy atom. The molecular weight excluding hydrogens is 484 g/mol. The van der Waals surface area contributed by atoms with Crippen molar-refractivity contribution in [2.24, 2.45) is 5.92 Å². The molecule has 2 aromatic carbocycles. The molecule has 0 radical (unpaired) electrons. The number of carboxylic acid groups (broad SMARTS) is 1. The highest BCUT2D eigenvalue weighted by atomic mass is 16.7. The second-order valence-electron chi connectivity index (χ2n) is 10.1. The molecule has 0 bridgehead atoms. The van der Waals surface area contributed by atoms with E-state index >= 15 is 0 Å². The van der Waals surface area contributed by atoms with Crippen molar-refractivity contribution in [3.63, 3.8) is 0 Å². The number of aliphatic carboxylic acids is 1. The third-order valence-electron chi connectivity index (χ3n) is 7.65. The van der Waals surface area contributed by atoms with Gasteiger partial charge in [-0.25, -0.2) is 0 Å². The molecule has 1 fully saturated rings. The van der Waals surface area contributed by atoms with Crippen LogP contribution in [0.1, 0.15) is 69.5 Å². The maximum absolute atomic E-state index is 14.0. The number of amides is 1. The summed E-state index contributed by atoms with van der Waals surface area (Å²) in [6, 6.07) is 12.4. The van der Waals surface area contributed by atoms with Crippen LogP contribution in [-0.2, 0) is 9.59 Å². The molecule has 38 heavy (non-hydrogen) atoms. The van der Waals surface area contributed by atoms with Crippen LogP contribution in [0.15, 0.2) is 42.5 Å². The molecule has 8 nitrogen and oxygen atoms in total. The summed E-state index contributed by atoms with van der Waals surface area (Å²) in [6.45, 7) is 8.24. The highest BCUT2D eigenvalue weighted by Gasteiger charge is 2.51. The van der Waals surface area contributed by atoms with Gasteiger partial charge >= 0.3 is 5.97 Å². The van der Waals surface area contributed by atoms with Crippen LogP contribution in [0.5, 0.6) is 17.2 Å². The Hall–Kier alpha value is -3.26. The number of nitrogens with zero attached hydrogens (tertiary/aromatic N) is 2. The Morgan fingerprint density at radius 1 is 1.00 bits per heavy atom. The zero-order valence-corrected chi connectivity index (χ0v) is 22.9. The van der Waals surface area contributed by atoms with Crippen molar-refractivity contribution < 1.29 is 28.9 Å². The molecule has 2 heterocycles. The van der Waals surface area contributed by atoms with Gasteiger partial charge in [0.2, 0.25) is 12.7 Å². The number of carbonyl (C=O) groups excluding carboxylic acids is 1. The Kier molecular flexibility index (Phi) is 9.15. The van der Waals surface area contributed by atoms with Crippen LogP contribution in [0, 0.1) is 5.92 Å². The molecule has 1 saturated heterocycles. The summed E-state index contributed by atoms with van der Waals surface area (Å²) in [7, 11) is 1.61. The molecule has 0 aromatic heterocycles. The fraction of sp³-hybridized carbons (Fsp3) is 0.533. The Balaban J connectivity index is 1.80. The van der Waals surface area contributed by atoms with E-state index in [1.165, 1.54) is 0 Å². The lowest BCUT2D eigenvalue weighted by Gasteiger charge is -2.36. The number of rotatable bonds is 12. The van der Waals surface area contributed by atoms with Gasteiger partial charge in [0.05, 0.1) is 19.1 Å². The van der Waals surface area contributed by atoms with E-state index in [2.05, 4.69) is 25.7 Å². The first-order valence-corrected chi connectivity index (χ1v) is 13.7. The number of fused-ring (bicyclic) bond motifs is 1. The molecule has 0 aliphatic carbocycles. The molecule has 2 aliphatic rings. The van der Waals surface area contributed by atoms with E-state index in [1.54, 1.807) is 7.11 Å². The minimum Gasteiger partial charge on any atom is -0.497 e. The fourth-order valence-electron chi connectivity index (χ4n) is 5.95. The summed E-state index contributed by atoms with van der Waals surface area (Å²) < 4.78 is 16.5. The number of benzene rings is 2. The van der Waals surface area contributed by atoms with Crippen LogP contribution in [0.3, 0.4) is 0 Å². The van der Waals surface area contributed by atoms with E-state index in [0.717, 1.165) is 30.4 Å². The van der Waals surface area contributed by atoms with Crippen molar-refractivity contribution in [1.29, 1.82) is 0 Å². The summed E-state index contributed by atoms with van der Waals surface area (Å²) >= 11 is 0. The topological polar surface area (TPSA) is 88.5 Å². The second-order valence-corrected chi connectivity index (χ2v) is 10.1. The first-order chi connectivity index (χ1) is 18.4. The third-order valence-corrected chi connectivity index (χ3v) is 7.65. The monoisotopic (exact) mass is 524 g/mol. The number of hydrogen-bond acceptors (Lipinski definition) is 6. The van der Waals surface area contributed by atoms with Crippen molar-refractivity contribution in [2.75, 3.05) is 33.5 Å². The van der Waals surface area contributed by atoms with E-state index in [0.29, 0.717) is 43.3 Å². The first-order valence-electron chi connectivity index (χ1n) is 13.7. The summed E-state index contributed by atoms with van der Waals surface area (Å²) in [5.41, 5.74) is 1.75. The van der Waals surface area contributed by atoms with Gasteiger partial charge in [-0.3, -0.25) is 14.5 Å². The molecule has 0 spiro atoms. The molecule has 4 rings (SSSR count). The third kappa shape index (κ3) is 5.60. The zero-order valence-electron chi connectivity index (χ0n) is 22.9. The van der Waals surface area contributed by atoms with Gasteiger partial charge in [0, 0.05) is 31.6 Å². The number of hydrogen-bond donors (Lipinski definition) is 1. The number of likely N-dealkylation sites (tertiary alicyclic amines) is 1. The first kappa shape index (κ1) is 27.8. The van der Waals surface area contributed by atoms with E-state index < -0.39 is 24.0 Å². The standard InChI is InChI=1S/C30H40N2O6/c1-5-8-24(29(33)31(15-6-2)16-7-3)32-18-23(21-11-14-25-26(17-21)38-19-37-25)27(30(34)35)28(32)20-9-12-22(36-4)13-10-20/h9-14,17,23-24,27-28H,5-8,15-16,18-19H2,1-4H3,(H,34,35)/t23-,24+,27-,28+/m1/s1. The minimum absolute atomic E-state index is 0.0875. The number of ether oxygens (including phenoxy) is 3. The minimum atomic E-state index is -0.877. The van der Waals surface area contributed by atoms with Crippen LogP contribution in [0.2, 0.25) is 0 Å². The van der Waals surface area contributed by atoms with E-state index in [1.807, 2.05) is 47.4 Å². The van der Waals surface area contributed by atoms with E-state index in [9.17, 15) is 14.7 Å². The van der Waals surface area contributed by atoms with Gasteiger partial charge in [0.15, 0.2) is 11.5 Å². The molecular formula is C30H40N2O6. The Labute approximate surface area is 225 Å². The lowest BCUT2D eigenvalue weighted by Crippen LogP contribution is -2.49. The van der Waals surface area contributed by atoms with Crippen LogP contribution in [-0.4, -0.2) is 66.4 Å². The number of methoxy groups -OCH3 is 1. The Bertz CT molecular complexity index is 1100. The smallest absolute Gasteiger partial charge is 0.309 e. The number of carbonyl (C=O) groups is 2. The van der Waals surface area contributed by atoms with Gasteiger partial charge in [-0.1, -0.05) is 45.4 Å². The average molecular weight is 525 g/mol. The normalized spacial score (nSPS) is 21.3.